The zero-order valence-corrected chi connectivity index (χ0v) is 12.5. The van der Waals surface area contributed by atoms with Gasteiger partial charge in [0, 0.05) is 11.6 Å². The van der Waals surface area contributed by atoms with Crippen molar-refractivity contribution < 1.29 is 14.9 Å². The number of hydrogen-bond acceptors (Lipinski definition) is 7. The number of nitrogens with zero attached hydrogens (tertiary/aromatic N) is 2. The molecule has 22 heavy (non-hydrogen) atoms. The number of aromatic nitrogens is 2. The molecule has 0 bridgehead atoms. The number of hydrogen-bond donors (Lipinski definition) is 4. The van der Waals surface area contributed by atoms with Gasteiger partial charge in [-0.15, -0.1) is 0 Å². The Morgan fingerprint density at radius 1 is 1.27 bits per heavy atom. The second-order valence-electron chi connectivity index (χ2n) is 4.53. The zero-order valence-electron chi connectivity index (χ0n) is 11.7. The molecule has 1 aromatic carbocycles. The molecule has 0 fully saturated rings. The van der Waals surface area contributed by atoms with E-state index >= 15 is 0 Å². The van der Waals surface area contributed by atoms with Crippen molar-refractivity contribution in [2.24, 2.45) is 0 Å². The van der Waals surface area contributed by atoms with Crippen LogP contribution in [0.4, 0.5) is 11.8 Å². The topological polar surface area (TPSA) is 114 Å². The van der Waals surface area contributed by atoms with Crippen LogP contribution in [0.15, 0.2) is 30.5 Å². The third kappa shape index (κ3) is 4.45. The van der Waals surface area contributed by atoms with E-state index in [2.05, 4.69) is 15.3 Å². The van der Waals surface area contributed by atoms with Gasteiger partial charge in [-0.3, -0.25) is 0 Å². The molecular weight excluding hydrogens is 308 g/mol. The lowest BCUT2D eigenvalue weighted by molar-refractivity contribution is 0.228. The van der Waals surface area contributed by atoms with Crippen LogP contribution in [-0.4, -0.2) is 39.4 Å². The largest absolute Gasteiger partial charge is 0.452 e. The number of anilines is 2. The maximum Gasteiger partial charge on any atom is 0.222 e. The third-order valence-electron chi connectivity index (χ3n) is 2.85. The molecule has 1 heterocycles. The van der Waals surface area contributed by atoms with Crippen molar-refractivity contribution in [2.75, 3.05) is 24.3 Å². The number of aliphatic hydroxyl groups excluding tert-OH is 2. The van der Waals surface area contributed by atoms with Gasteiger partial charge in [0.05, 0.1) is 18.8 Å². The number of nitrogen functional groups attached to an aromatic ring is 1. The molecule has 0 spiro atoms. The summed E-state index contributed by atoms with van der Waals surface area (Å²) < 4.78 is 5.70. The van der Waals surface area contributed by atoms with Crippen molar-refractivity contribution in [3.05, 3.63) is 35.5 Å². The molecule has 2 aromatic rings. The van der Waals surface area contributed by atoms with Crippen LogP contribution >= 0.6 is 11.6 Å². The molecule has 0 saturated carbocycles. The second-order valence-corrected chi connectivity index (χ2v) is 4.97. The summed E-state index contributed by atoms with van der Waals surface area (Å²) in [5.74, 6) is 1.33. The predicted octanol–water partition coefficient (Wildman–Crippen LogP) is 1.66. The fourth-order valence-electron chi connectivity index (χ4n) is 1.75. The number of ether oxygens (including phenoxy) is 1. The summed E-state index contributed by atoms with van der Waals surface area (Å²) in [5.41, 5.74) is 5.58. The second kappa shape index (κ2) is 7.79. The molecule has 0 aliphatic rings. The standard InChI is InChI=1S/C14H17ClN4O3/c15-9-1-3-11(4-2-9)22-12-7-17-14(16)19-13(12)18-10(8-21)5-6-20/h1-4,7,10,20-21H,5-6,8H2,(H3,16,17,18,19). The summed E-state index contributed by atoms with van der Waals surface area (Å²) >= 11 is 5.83. The van der Waals surface area contributed by atoms with E-state index in [1.54, 1.807) is 24.3 Å². The summed E-state index contributed by atoms with van der Waals surface area (Å²) in [5, 5.41) is 21.9. The van der Waals surface area contributed by atoms with Gasteiger partial charge in [0.25, 0.3) is 0 Å². The zero-order chi connectivity index (χ0) is 15.9. The Hall–Kier alpha value is -2.09. The molecule has 118 valence electrons. The lowest BCUT2D eigenvalue weighted by atomic mass is 10.2. The SMILES string of the molecule is Nc1ncc(Oc2ccc(Cl)cc2)c(NC(CO)CCO)n1. The first-order chi connectivity index (χ1) is 10.6. The van der Waals surface area contributed by atoms with Crippen LogP contribution in [0, 0.1) is 0 Å². The first kappa shape index (κ1) is 16.3. The van der Waals surface area contributed by atoms with Crippen molar-refractivity contribution >= 4 is 23.4 Å². The molecule has 0 radical (unpaired) electrons. The number of benzene rings is 1. The lowest BCUT2D eigenvalue weighted by Crippen LogP contribution is -2.26. The number of nitrogens with two attached hydrogens (primary N) is 1. The molecule has 8 heteroatoms. The Morgan fingerprint density at radius 2 is 2.00 bits per heavy atom. The summed E-state index contributed by atoms with van der Waals surface area (Å²) in [6, 6.07) is 6.45. The van der Waals surface area contributed by atoms with Gasteiger partial charge in [0.2, 0.25) is 5.95 Å². The van der Waals surface area contributed by atoms with Crippen LogP contribution in [-0.2, 0) is 0 Å². The number of halogens is 1. The van der Waals surface area contributed by atoms with Crippen molar-refractivity contribution in [1.29, 1.82) is 0 Å². The maximum atomic E-state index is 9.30. The average Bonchev–Trinajstić information content (AvgIpc) is 2.51. The molecule has 7 nitrogen and oxygen atoms in total. The van der Waals surface area contributed by atoms with Crippen LogP contribution in [0.1, 0.15) is 6.42 Å². The van der Waals surface area contributed by atoms with Gasteiger partial charge in [-0.25, -0.2) is 4.98 Å². The van der Waals surface area contributed by atoms with Gasteiger partial charge in [0.1, 0.15) is 5.75 Å². The molecule has 1 unspecified atom stereocenters. The molecule has 0 aliphatic carbocycles. The Labute approximate surface area is 132 Å². The summed E-state index contributed by atoms with van der Waals surface area (Å²) in [7, 11) is 0. The fourth-order valence-corrected chi connectivity index (χ4v) is 1.88. The molecule has 1 atom stereocenters. The van der Waals surface area contributed by atoms with E-state index in [1.165, 1.54) is 6.20 Å². The predicted molar refractivity (Wildman–Crippen MR) is 84.2 cm³/mol. The quantitative estimate of drug-likeness (QED) is 0.612. The highest BCUT2D eigenvalue weighted by molar-refractivity contribution is 6.30. The normalized spacial score (nSPS) is 12.0. The Balaban J connectivity index is 2.21. The Morgan fingerprint density at radius 3 is 2.64 bits per heavy atom. The highest BCUT2D eigenvalue weighted by Gasteiger charge is 2.13. The highest BCUT2D eigenvalue weighted by atomic mass is 35.5. The average molecular weight is 325 g/mol. The highest BCUT2D eigenvalue weighted by Crippen LogP contribution is 2.29. The number of rotatable bonds is 7. The van der Waals surface area contributed by atoms with E-state index in [0.717, 1.165) is 0 Å². The van der Waals surface area contributed by atoms with Crippen LogP contribution in [0.5, 0.6) is 11.5 Å². The van der Waals surface area contributed by atoms with Crippen molar-refractivity contribution in [1.82, 2.24) is 9.97 Å². The molecule has 0 aliphatic heterocycles. The number of nitrogens with one attached hydrogen (secondary N) is 1. The smallest absolute Gasteiger partial charge is 0.222 e. The van der Waals surface area contributed by atoms with E-state index in [9.17, 15) is 5.11 Å². The van der Waals surface area contributed by atoms with Gasteiger partial charge >= 0.3 is 0 Å². The van der Waals surface area contributed by atoms with Crippen molar-refractivity contribution in [3.63, 3.8) is 0 Å². The van der Waals surface area contributed by atoms with Gasteiger partial charge in [-0.1, -0.05) is 11.6 Å². The first-order valence-electron chi connectivity index (χ1n) is 6.66. The van der Waals surface area contributed by atoms with Crippen LogP contribution in [0.3, 0.4) is 0 Å². The minimum absolute atomic E-state index is 0.0633. The Kier molecular flexibility index (Phi) is 5.76. The van der Waals surface area contributed by atoms with Crippen LogP contribution < -0.4 is 15.8 Å². The van der Waals surface area contributed by atoms with Gasteiger partial charge < -0.3 is 26.0 Å². The molecule has 5 N–H and O–H groups in total. The minimum atomic E-state index is -0.369. The molecule has 1 aromatic heterocycles. The molecule has 0 saturated heterocycles. The first-order valence-corrected chi connectivity index (χ1v) is 7.04. The van der Waals surface area contributed by atoms with Gasteiger partial charge in [0.15, 0.2) is 11.6 Å². The minimum Gasteiger partial charge on any atom is -0.452 e. The van der Waals surface area contributed by atoms with E-state index in [4.69, 9.17) is 27.2 Å². The van der Waals surface area contributed by atoms with Gasteiger partial charge in [-0.2, -0.15) is 4.98 Å². The number of aliphatic hydroxyl groups is 2. The summed E-state index contributed by atoms with van der Waals surface area (Å²) in [6.45, 7) is -0.225. The van der Waals surface area contributed by atoms with Crippen molar-refractivity contribution in [2.45, 2.75) is 12.5 Å². The third-order valence-corrected chi connectivity index (χ3v) is 3.11. The van der Waals surface area contributed by atoms with Crippen LogP contribution in [0.2, 0.25) is 5.02 Å². The van der Waals surface area contributed by atoms with Crippen molar-refractivity contribution in [3.8, 4) is 11.5 Å². The van der Waals surface area contributed by atoms with E-state index in [-0.39, 0.29) is 25.2 Å². The lowest BCUT2D eigenvalue weighted by Gasteiger charge is -2.18. The molecule has 0 amide bonds. The maximum absolute atomic E-state index is 9.30. The van der Waals surface area contributed by atoms with Crippen LogP contribution in [0.25, 0.3) is 0 Å². The van der Waals surface area contributed by atoms with E-state index in [1.807, 2.05) is 0 Å². The summed E-state index contributed by atoms with van der Waals surface area (Å²) in [6.07, 6.45) is 1.80. The van der Waals surface area contributed by atoms with Gasteiger partial charge in [-0.05, 0) is 30.7 Å². The summed E-state index contributed by atoms with van der Waals surface area (Å²) in [4.78, 5) is 7.96. The van der Waals surface area contributed by atoms with E-state index < -0.39 is 0 Å². The monoisotopic (exact) mass is 324 g/mol. The molecular formula is C14H17ClN4O3. The van der Waals surface area contributed by atoms with E-state index in [0.29, 0.717) is 28.8 Å². The molecule has 2 rings (SSSR count). The Bertz CT molecular complexity index is 610. The fraction of sp³-hybridized carbons (Fsp3) is 0.286.